The van der Waals surface area contributed by atoms with Crippen LogP contribution < -0.4 is 0 Å². The quantitative estimate of drug-likeness (QED) is 0.804. The van der Waals surface area contributed by atoms with E-state index in [2.05, 4.69) is 0 Å². The van der Waals surface area contributed by atoms with Crippen LogP contribution in [0.4, 0.5) is 4.39 Å². The topological polar surface area (TPSA) is 34.1 Å². The molecule has 0 aliphatic heterocycles. The first-order valence-corrected chi connectivity index (χ1v) is 8.43. The molecule has 21 heavy (non-hydrogen) atoms. The molecule has 2 aromatic rings. The molecule has 0 bridgehead atoms. The van der Waals surface area contributed by atoms with Crippen molar-refractivity contribution in [3.8, 4) is 0 Å². The van der Waals surface area contributed by atoms with Gasteiger partial charge in [-0.05, 0) is 41.5 Å². The minimum atomic E-state index is -3.50. The molecule has 2 rings (SSSR count). The summed E-state index contributed by atoms with van der Waals surface area (Å²) in [6.45, 7) is 0. The molecule has 0 fully saturated rings. The van der Waals surface area contributed by atoms with Crippen LogP contribution in [0, 0.1) is 5.82 Å². The normalized spacial score (nSPS) is 12.0. The van der Waals surface area contributed by atoms with E-state index in [1.54, 1.807) is 24.3 Å². The Morgan fingerprint density at radius 3 is 2.33 bits per heavy atom. The highest BCUT2D eigenvalue weighted by molar-refractivity contribution is 7.93. The third kappa shape index (κ3) is 4.84. The average molecular weight is 345 g/mol. The molecule has 2 nitrogen and oxygen atoms in total. The number of benzene rings is 2. The van der Waals surface area contributed by atoms with Gasteiger partial charge in [-0.3, -0.25) is 0 Å². The zero-order valence-electron chi connectivity index (χ0n) is 10.8. The van der Waals surface area contributed by atoms with E-state index in [9.17, 15) is 12.8 Å². The lowest BCUT2D eigenvalue weighted by Crippen LogP contribution is -2.01. The van der Waals surface area contributed by atoms with Crippen molar-refractivity contribution in [3.05, 3.63) is 74.9 Å². The van der Waals surface area contributed by atoms with E-state index in [4.69, 9.17) is 23.2 Å². The van der Waals surface area contributed by atoms with Crippen LogP contribution in [0.15, 0.2) is 47.9 Å². The SMILES string of the molecule is O=S(=O)(C=Cc1ccc(Cl)cc1)Cc1ccc(F)cc1Cl. The van der Waals surface area contributed by atoms with Gasteiger partial charge in [0.05, 0.1) is 5.75 Å². The fourth-order valence-electron chi connectivity index (χ4n) is 1.66. The van der Waals surface area contributed by atoms with Crippen LogP contribution >= 0.6 is 23.2 Å². The molecular formula is C15H11Cl2FO2S. The maximum absolute atomic E-state index is 12.9. The smallest absolute Gasteiger partial charge is 0.175 e. The Labute approximate surface area is 132 Å². The Morgan fingerprint density at radius 1 is 1.05 bits per heavy atom. The molecule has 0 aliphatic rings. The maximum Gasteiger partial charge on any atom is 0.175 e. The first-order valence-electron chi connectivity index (χ1n) is 5.96. The molecule has 0 heterocycles. The largest absolute Gasteiger partial charge is 0.224 e. The first kappa shape index (κ1) is 16.0. The van der Waals surface area contributed by atoms with Crippen LogP contribution in [0.1, 0.15) is 11.1 Å². The van der Waals surface area contributed by atoms with Gasteiger partial charge in [0.1, 0.15) is 5.82 Å². The van der Waals surface area contributed by atoms with Crippen LogP contribution in [-0.2, 0) is 15.6 Å². The van der Waals surface area contributed by atoms with Crippen molar-refractivity contribution >= 4 is 39.1 Å². The number of sulfone groups is 1. The number of rotatable bonds is 4. The molecule has 0 radical (unpaired) electrons. The molecule has 0 aromatic heterocycles. The van der Waals surface area contributed by atoms with Gasteiger partial charge in [0, 0.05) is 15.5 Å². The summed E-state index contributed by atoms with van der Waals surface area (Å²) < 4.78 is 36.9. The molecule has 6 heteroatoms. The molecule has 0 aliphatic carbocycles. The number of hydrogen-bond acceptors (Lipinski definition) is 2. The van der Waals surface area contributed by atoms with Crippen molar-refractivity contribution in [2.45, 2.75) is 5.75 Å². The predicted molar refractivity (Wildman–Crippen MR) is 84.5 cm³/mol. The van der Waals surface area contributed by atoms with Gasteiger partial charge >= 0.3 is 0 Å². The summed E-state index contributed by atoms with van der Waals surface area (Å²) in [7, 11) is -3.50. The Kier molecular flexibility index (Phi) is 5.04. The highest BCUT2D eigenvalue weighted by Gasteiger charge is 2.11. The van der Waals surface area contributed by atoms with Crippen molar-refractivity contribution in [1.82, 2.24) is 0 Å². The van der Waals surface area contributed by atoms with Gasteiger partial charge in [-0.15, -0.1) is 0 Å². The van der Waals surface area contributed by atoms with E-state index in [0.29, 0.717) is 16.1 Å². The fourth-order valence-corrected chi connectivity index (χ4v) is 3.24. The van der Waals surface area contributed by atoms with Gasteiger partial charge in [-0.1, -0.05) is 41.4 Å². The number of halogens is 3. The second-order valence-electron chi connectivity index (χ2n) is 4.40. The van der Waals surface area contributed by atoms with Crippen molar-refractivity contribution in [2.75, 3.05) is 0 Å². The molecule has 0 atom stereocenters. The molecule has 0 N–H and O–H groups in total. The highest BCUT2D eigenvalue weighted by Crippen LogP contribution is 2.20. The zero-order chi connectivity index (χ0) is 15.5. The molecule has 0 unspecified atom stereocenters. The van der Waals surface area contributed by atoms with E-state index < -0.39 is 15.7 Å². The monoisotopic (exact) mass is 344 g/mol. The molecule has 0 spiro atoms. The van der Waals surface area contributed by atoms with E-state index in [1.165, 1.54) is 18.2 Å². The van der Waals surface area contributed by atoms with Crippen LogP contribution in [0.3, 0.4) is 0 Å². The van der Waals surface area contributed by atoms with Crippen LogP contribution in [-0.4, -0.2) is 8.42 Å². The van der Waals surface area contributed by atoms with Gasteiger partial charge in [0.2, 0.25) is 0 Å². The van der Waals surface area contributed by atoms with E-state index in [1.807, 2.05) is 0 Å². The van der Waals surface area contributed by atoms with Crippen LogP contribution in [0.5, 0.6) is 0 Å². The van der Waals surface area contributed by atoms with Crippen molar-refractivity contribution in [1.29, 1.82) is 0 Å². The summed E-state index contributed by atoms with van der Waals surface area (Å²) in [5, 5.41) is 1.78. The van der Waals surface area contributed by atoms with E-state index in [0.717, 1.165) is 11.5 Å². The van der Waals surface area contributed by atoms with Crippen molar-refractivity contribution in [3.63, 3.8) is 0 Å². The Morgan fingerprint density at radius 2 is 1.71 bits per heavy atom. The highest BCUT2D eigenvalue weighted by atomic mass is 35.5. The lowest BCUT2D eigenvalue weighted by Gasteiger charge is -2.03. The first-order chi connectivity index (χ1) is 9.85. The van der Waals surface area contributed by atoms with E-state index >= 15 is 0 Å². The Balaban J connectivity index is 2.16. The summed E-state index contributed by atoms with van der Waals surface area (Å²) in [5.74, 6) is -0.784. The molecule has 2 aromatic carbocycles. The molecule has 0 saturated heterocycles. The van der Waals surface area contributed by atoms with Crippen LogP contribution in [0.2, 0.25) is 10.0 Å². The maximum atomic E-state index is 12.9. The Hall–Kier alpha value is -1.36. The number of hydrogen-bond donors (Lipinski definition) is 0. The molecule has 0 amide bonds. The van der Waals surface area contributed by atoms with Gasteiger partial charge in [0.15, 0.2) is 9.84 Å². The lowest BCUT2D eigenvalue weighted by molar-refractivity contribution is 0.603. The summed E-state index contributed by atoms with van der Waals surface area (Å²) in [5.41, 5.74) is 1.08. The zero-order valence-corrected chi connectivity index (χ0v) is 13.1. The Bertz CT molecular complexity index is 769. The van der Waals surface area contributed by atoms with Gasteiger partial charge in [-0.2, -0.15) is 0 Å². The minimum Gasteiger partial charge on any atom is -0.224 e. The predicted octanol–water partition coefficient (Wildman–Crippen LogP) is 4.72. The minimum absolute atomic E-state index is 0.0958. The van der Waals surface area contributed by atoms with E-state index in [-0.39, 0.29) is 10.8 Å². The summed E-state index contributed by atoms with van der Waals surface area (Å²) >= 11 is 11.6. The van der Waals surface area contributed by atoms with Gasteiger partial charge in [-0.25, -0.2) is 12.8 Å². The third-order valence-electron chi connectivity index (χ3n) is 2.71. The lowest BCUT2D eigenvalue weighted by atomic mass is 10.2. The second kappa shape index (κ2) is 6.60. The summed E-state index contributed by atoms with van der Waals surface area (Å²) in [6.07, 6.45) is 1.48. The molecule has 110 valence electrons. The van der Waals surface area contributed by atoms with Gasteiger partial charge < -0.3 is 0 Å². The second-order valence-corrected chi connectivity index (χ2v) is 7.13. The van der Waals surface area contributed by atoms with Crippen molar-refractivity contribution in [2.24, 2.45) is 0 Å². The van der Waals surface area contributed by atoms with Gasteiger partial charge in [0.25, 0.3) is 0 Å². The average Bonchev–Trinajstić information content (AvgIpc) is 2.41. The molecule has 0 saturated carbocycles. The standard InChI is InChI=1S/C15H11Cl2FO2S/c16-13-4-1-11(2-5-13)7-8-21(19,20)10-12-3-6-14(18)9-15(12)17/h1-9H,10H2. The summed E-state index contributed by atoms with van der Waals surface area (Å²) in [4.78, 5) is 0. The molecular weight excluding hydrogens is 334 g/mol. The fraction of sp³-hybridized carbons (Fsp3) is 0.0667. The third-order valence-corrected chi connectivity index (χ3v) is 4.58. The van der Waals surface area contributed by atoms with Crippen LogP contribution in [0.25, 0.3) is 6.08 Å². The van der Waals surface area contributed by atoms with Crippen molar-refractivity contribution < 1.29 is 12.8 Å². The summed E-state index contributed by atoms with van der Waals surface area (Å²) in [6, 6.07) is 10.4.